The highest BCUT2D eigenvalue weighted by Crippen LogP contribution is 2.29. The summed E-state index contributed by atoms with van der Waals surface area (Å²) in [7, 11) is 0. The quantitative estimate of drug-likeness (QED) is 0.171. The molecule has 7 heteroatoms. The maximum atomic E-state index is 6.30. The van der Waals surface area contributed by atoms with E-state index in [2.05, 4.69) is 39.8 Å². The van der Waals surface area contributed by atoms with E-state index in [0.29, 0.717) is 29.5 Å². The number of hydrazone groups is 1. The van der Waals surface area contributed by atoms with Crippen molar-refractivity contribution in [1.82, 2.24) is 15.4 Å². The maximum absolute atomic E-state index is 6.30. The Bertz CT molecular complexity index is 1380. The average Bonchev–Trinajstić information content (AvgIpc) is 3.71. The number of H-pyrrole nitrogens is 1. The van der Waals surface area contributed by atoms with Crippen LogP contribution in [0.2, 0.25) is 0 Å². The zero-order valence-corrected chi connectivity index (χ0v) is 20.4. The van der Waals surface area contributed by atoms with Gasteiger partial charge >= 0.3 is 0 Å². The Hall–Kier alpha value is -3.87. The highest BCUT2D eigenvalue weighted by molar-refractivity contribution is 6.00. The minimum absolute atomic E-state index is 0.356. The van der Waals surface area contributed by atoms with Crippen molar-refractivity contribution in [1.29, 1.82) is 0 Å². The van der Waals surface area contributed by atoms with Gasteiger partial charge in [0.05, 0.1) is 23.3 Å². The van der Waals surface area contributed by atoms with Crippen LogP contribution in [0.5, 0.6) is 0 Å². The van der Waals surface area contributed by atoms with Crippen molar-refractivity contribution in [2.24, 2.45) is 15.8 Å². The molecule has 2 saturated carbocycles. The van der Waals surface area contributed by atoms with Crippen molar-refractivity contribution < 1.29 is 4.42 Å². The van der Waals surface area contributed by atoms with Crippen LogP contribution in [0.4, 0.5) is 0 Å². The number of nitrogens with zero attached hydrogens (tertiary/aromatic N) is 3. The number of nitrogens with two attached hydrogens (primary N) is 1. The first kappa shape index (κ1) is 22.6. The van der Waals surface area contributed by atoms with E-state index in [1.54, 1.807) is 0 Å². The first-order valence-corrected chi connectivity index (χ1v) is 13.0. The molecule has 0 unspecified atom stereocenters. The lowest BCUT2D eigenvalue weighted by molar-refractivity contribution is 0.549. The van der Waals surface area contributed by atoms with Gasteiger partial charge in [0.2, 0.25) is 0 Å². The molecule has 0 amide bonds. The number of aromatic amines is 1. The van der Waals surface area contributed by atoms with Crippen LogP contribution in [-0.2, 0) is 0 Å². The van der Waals surface area contributed by atoms with Gasteiger partial charge in [0, 0.05) is 17.2 Å². The molecule has 0 bridgehead atoms. The summed E-state index contributed by atoms with van der Waals surface area (Å²) in [5.41, 5.74) is 14.3. The molecule has 2 aromatic carbocycles. The van der Waals surface area contributed by atoms with Gasteiger partial charge < -0.3 is 20.6 Å². The molecule has 6 rings (SSSR count). The summed E-state index contributed by atoms with van der Waals surface area (Å²) in [4.78, 5) is 12.8. The van der Waals surface area contributed by atoms with Crippen molar-refractivity contribution >= 4 is 23.1 Å². The molecule has 7 nitrogen and oxygen atoms in total. The number of aliphatic imine (C=N–C) groups is 1. The number of hydrogen-bond donors (Lipinski definition) is 3. The van der Waals surface area contributed by atoms with E-state index in [1.807, 2.05) is 36.5 Å². The molecule has 2 aromatic heterocycles. The summed E-state index contributed by atoms with van der Waals surface area (Å²) >= 11 is 0. The minimum atomic E-state index is 0.356. The number of furan rings is 1. The highest BCUT2D eigenvalue weighted by atomic mass is 16.3. The van der Waals surface area contributed by atoms with Crippen molar-refractivity contribution in [3.63, 3.8) is 0 Å². The van der Waals surface area contributed by atoms with E-state index in [-0.39, 0.29) is 0 Å². The smallest absolute Gasteiger partial charge is 0.174 e. The molecular formula is C29H32N6O. The zero-order chi connectivity index (χ0) is 24.3. The van der Waals surface area contributed by atoms with Crippen molar-refractivity contribution in [2.45, 2.75) is 63.5 Å². The molecule has 36 heavy (non-hydrogen) atoms. The molecule has 4 aromatic rings. The zero-order valence-electron chi connectivity index (χ0n) is 20.4. The fraction of sp³-hybridized carbons (Fsp3) is 0.345. The van der Waals surface area contributed by atoms with Crippen LogP contribution in [0.25, 0.3) is 33.9 Å². The molecule has 0 aliphatic heterocycles. The van der Waals surface area contributed by atoms with Crippen molar-refractivity contribution in [2.75, 3.05) is 0 Å². The molecule has 2 fully saturated rings. The fourth-order valence-corrected chi connectivity index (χ4v) is 5.22. The van der Waals surface area contributed by atoms with Crippen LogP contribution in [0.15, 0.2) is 69.1 Å². The Kier molecular flexibility index (Phi) is 6.28. The van der Waals surface area contributed by atoms with E-state index in [1.165, 1.54) is 38.5 Å². The van der Waals surface area contributed by atoms with E-state index in [0.717, 1.165) is 46.3 Å². The van der Waals surface area contributed by atoms with Gasteiger partial charge in [-0.15, -0.1) is 0 Å². The van der Waals surface area contributed by atoms with E-state index >= 15 is 0 Å². The predicted molar refractivity (Wildman–Crippen MR) is 145 cm³/mol. The van der Waals surface area contributed by atoms with E-state index < -0.39 is 0 Å². The third-order valence-corrected chi connectivity index (χ3v) is 7.28. The maximum Gasteiger partial charge on any atom is 0.174 e. The molecular weight excluding hydrogens is 448 g/mol. The first-order chi connectivity index (χ1) is 17.7. The van der Waals surface area contributed by atoms with Gasteiger partial charge in [0.15, 0.2) is 11.6 Å². The summed E-state index contributed by atoms with van der Waals surface area (Å²) in [6, 6.07) is 19.0. The normalized spacial score (nSPS) is 17.6. The molecule has 0 atom stereocenters. The van der Waals surface area contributed by atoms with Gasteiger partial charge in [-0.1, -0.05) is 49.9 Å². The van der Waals surface area contributed by atoms with Crippen LogP contribution in [0, 0.1) is 0 Å². The SMILES string of the molecule is NC(=NC1CCCC1)c1ccc2nc(-c3ccc(-c4ccc(C=NNC5CCCC5)cc4)o3)[nH]c2c1. The third kappa shape index (κ3) is 4.91. The summed E-state index contributed by atoms with van der Waals surface area (Å²) < 4.78 is 6.15. The van der Waals surface area contributed by atoms with Gasteiger partial charge in [-0.05, 0) is 61.6 Å². The summed E-state index contributed by atoms with van der Waals surface area (Å²) in [6.07, 6.45) is 11.6. The molecule has 2 heterocycles. The fourth-order valence-electron chi connectivity index (χ4n) is 5.22. The second-order valence-electron chi connectivity index (χ2n) is 9.92. The monoisotopic (exact) mass is 480 g/mol. The minimum Gasteiger partial charge on any atom is -0.453 e. The molecule has 4 N–H and O–H groups in total. The Morgan fingerprint density at radius 2 is 1.69 bits per heavy atom. The lowest BCUT2D eigenvalue weighted by Crippen LogP contribution is -2.20. The van der Waals surface area contributed by atoms with Gasteiger partial charge in [-0.2, -0.15) is 5.10 Å². The highest BCUT2D eigenvalue weighted by Gasteiger charge is 2.16. The Labute approximate surface area is 210 Å². The van der Waals surface area contributed by atoms with Crippen LogP contribution in [0.3, 0.4) is 0 Å². The summed E-state index contributed by atoms with van der Waals surface area (Å²) in [5.74, 6) is 2.79. The molecule has 0 spiro atoms. The topological polar surface area (TPSA) is 105 Å². The first-order valence-electron chi connectivity index (χ1n) is 13.0. The largest absolute Gasteiger partial charge is 0.453 e. The standard InChI is InChI=1S/C29H32N6O/c30-28(32-22-5-1-2-6-22)21-13-14-24-25(17-21)34-29(33-24)27-16-15-26(36-27)20-11-9-19(10-12-20)18-31-35-23-7-3-4-8-23/h9-18,22-23,35H,1-8H2,(H2,30,32)(H,33,34). The summed E-state index contributed by atoms with van der Waals surface area (Å²) in [5, 5.41) is 4.41. The van der Waals surface area contributed by atoms with E-state index in [4.69, 9.17) is 20.1 Å². The Balaban J connectivity index is 1.16. The molecule has 184 valence electrons. The number of rotatable bonds is 7. The van der Waals surface area contributed by atoms with Crippen LogP contribution in [0.1, 0.15) is 62.5 Å². The number of benzene rings is 2. The molecule has 2 aliphatic rings. The van der Waals surface area contributed by atoms with Crippen molar-refractivity contribution in [3.8, 4) is 22.9 Å². The average molecular weight is 481 g/mol. The Morgan fingerprint density at radius 1 is 0.944 bits per heavy atom. The number of aromatic nitrogens is 2. The second-order valence-corrected chi connectivity index (χ2v) is 9.92. The van der Waals surface area contributed by atoms with Gasteiger partial charge in [0.1, 0.15) is 11.6 Å². The number of fused-ring (bicyclic) bond motifs is 1. The third-order valence-electron chi connectivity index (χ3n) is 7.28. The number of amidine groups is 1. The van der Waals surface area contributed by atoms with Crippen LogP contribution >= 0.6 is 0 Å². The van der Waals surface area contributed by atoms with Gasteiger partial charge in [-0.25, -0.2) is 4.98 Å². The van der Waals surface area contributed by atoms with E-state index in [9.17, 15) is 0 Å². The molecule has 0 saturated heterocycles. The molecule has 2 aliphatic carbocycles. The number of hydrogen-bond acceptors (Lipinski definition) is 5. The van der Waals surface area contributed by atoms with Crippen LogP contribution < -0.4 is 11.2 Å². The van der Waals surface area contributed by atoms with Crippen LogP contribution in [-0.4, -0.2) is 34.1 Å². The summed E-state index contributed by atoms with van der Waals surface area (Å²) in [6.45, 7) is 0. The second kappa shape index (κ2) is 10.0. The molecule has 0 radical (unpaired) electrons. The Morgan fingerprint density at radius 3 is 2.50 bits per heavy atom. The lowest BCUT2D eigenvalue weighted by Gasteiger charge is -2.06. The lowest BCUT2D eigenvalue weighted by atomic mass is 10.1. The van der Waals surface area contributed by atoms with Gasteiger partial charge in [0.25, 0.3) is 0 Å². The van der Waals surface area contributed by atoms with Crippen molar-refractivity contribution in [3.05, 3.63) is 65.7 Å². The number of imidazole rings is 1. The predicted octanol–water partition coefficient (Wildman–Crippen LogP) is 6.00. The number of nitrogens with one attached hydrogen (secondary N) is 2. The van der Waals surface area contributed by atoms with Gasteiger partial charge in [-0.3, -0.25) is 4.99 Å².